The molecule has 1 aromatic carbocycles. The van der Waals surface area contributed by atoms with Crippen LogP contribution in [0.2, 0.25) is 0 Å². The van der Waals surface area contributed by atoms with Gasteiger partial charge in [0.15, 0.2) is 0 Å². The van der Waals surface area contributed by atoms with Crippen molar-refractivity contribution in [3.8, 4) is 11.3 Å². The maximum absolute atomic E-state index is 13.0. The Labute approximate surface area is 165 Å². The van der Waals surface area contributed by atoms with Gasteiger partial charge in [-0.2, -0.15) is 0 Å². The minimum Gasteiger partial charge on any atom is -0.385 e. The molecular weight excluding hydrogens is 353 g/mol. The van der Waals surface area contributed by atoms with Gasteiger partial charge in [0.05, 0.1) is 23.2 Å². The minimum atomic E-state index is -1.06. The van der Waals surface area contributed by atoms with Crippen molar-refractivity contribution in [2.75, 3.05) is 0 Å². The maximum Gasteiger partial charge on any atom is 0.141 e. The Hall–Kier alpha value is -2.53. The first kappa shape index (κ1) is 20.2. The molecule has 0 aliphatic heterocycles. The molecular formula is C23H28FN3O. The quantitative estimate of drug-likeness (QED) is 0.657. The van der Waals surface area contributed by atoms with Crippen LogP contribution in [0.15, 0.2) is 42.6 Å². The molecule has 0 bridgehead atoms. The monoisotopic (exact) mass is 381 g/mol. The van der Waals surface area contributed by atoms with E-state index in [9.17, 15) is 9.50 Å². The fourth-order valence-electron chi connectivity index (χ4n) is 3.30. The number of hydrogen-bond acceptors (Lipinski definition) is 3. The van der Waals surface area contributed by atoms with E-state index in [1.165, 1.54) is 12.3 Å². The van der Waals surface area contributed by atoms with Gasteiger partial charge in [0.25, 0.3) is 0 Å². The van der Waals surface area contributed by atoms with Crippen molar-refractivity contribution in [3.05, 3.63) is 71.2 Å². The number of rotatable bonds is 5. The highest BCUT2D eigenvalue weighted by molar-refractivity contribution is 5.59. The summed E-state index contributed by atoms with van der Waals surface area (Å²) in [7, 11) is 0. The van der Waals surface area contributed by atoms with Gasteiger partial charge >= 0.3 is 0 Å². The van der Waals surface area contributed by atoms with Gasteiger partial charge in [0.2, 0.25) is 0 Å². The summed E-state index contributed by atoms with van der Waals surface area (Å²) < 4.78 is 13.0. The van der Waals surface area contributed by atoms with E-state index in [4.69, 9.17) is 4.98 Å². The van der Waals surface area contributed by atoms with Gasteiger partial charge in [-0.05, 0) is 43.4 Å². The third kappa shape index (κ3) is 4.84. The number of benzene rings is 1. The number of H-pyrrole nitrogens is 1. The predicted molar refractivity (Wildman–Crippen MR) is 109 cm³/mol. The summed E-state index contributed by atoms with van der Waals surface area (Å²) in [6.45, 7) is 10.4. The van der Waals surface area contributed by atoms with Gasteiger partial charge in [-0.15, -0.1) is 0 Å². The molecule has 5 heteroatoms. The van der Waals surface area contributed by atoms with Crippen molar-refractivity contribution in [3.63, 3.8) is 0 Å². The van der Waals surface area contributed by atoms with Gasteiger partial charge in [0, 0.05) is 17.7 Å². The van der Waals surface area contributed by atoms with Crippen LogP contribution in [0.25, 0.3) is 11.3 Å². The van der Waals surface area contributed by atoms with Crippen molar-refractivity contribution in [1.82, 2.24) is 15.0 Å². The van der Waals surface area contributed by atoms with E-state index in [0.717, 1.165) is 34.8 Å². The molecule has 3 aromatic rings. The Morgan fingerprint density at radius 3 is 2.25 bits per heavy atom. The van der Waals surface area contributed by atoms with E-state index < -0.39 is 5.60 Å². The number of halogens is 1. The summed E-state index contributed by atoms with van der Waals surface area (Å²) in [6.07, 6.45) is 2.48. The third-order valence-corrected chi connectivity index (χ3v) is 4.77. The zero-order valence-corrected chi connectivity index (χ0v) is 17.2. The Bertz CT molecular complexity index is 935. The van der Waals surface area contributed by atoms with E-state index in [1.807, 2.05) is 31.2 Å². The van der Waals surface area contributed by atoms with Gasteiger partial charge in [-0.1, -0.05) is 45.0 Å². The maximum atomic E-state index is 13.0. The second-order valence-electron chi connectivity index (χ2n) is 8.88. The molecule has 2 N–H and O–H groups in total. The lowest BCUT2D eigenvalue weighted by molar-refractivity contribution is 0.0556. The fraction of sp³-hybridized carbons (Fsp3) is 0.391. The topological polar surface area (TPSA) is 61.8 Å². The molecule has 0 aliphatic carbocycles. The minimum absolute atomic E-state index is 0.157. The molecule has 0 fully saturated rings. The molecule has 0 radical (unpaired) electrons. The molecule has 0 saturated heterocycles. The normalized spacial score (nSPS) is 14.1. The zero-order valence-electron chi connectivity index (χ0n) is 17.2. The fourth-order valence-corrected chi connectivity index (χ4v) is 3.30. The second kappa shape index (κ2) is 7.47. The SMILES string of the molecule is Cc1[nH]c(CC(C)(O)c2ccc(-c3ccc(F)cn3)cc2)nc1CC(C)(C)C. The molecule has 1 unspecified atom stereocenters. The molecule has 148 valence electrons. The van der Waals surface area contributed by atoms with Gasteiger partial charge < -0.3 is 10.1 Å². The van der Waals surface area contributed by atoms with Crippen LogP contribution in [0, 0.1) is 18.2 Å². The number of aromatic nitrogens is 3. The van der Waals surface area contributed by atoms with Crippen LogP contribution in [0.1, 0.15) is 50.5 Å². The standard InChI is InChI=1S/C23H28FN3O/c1-15-20(12-22(2,3)4)27-21(26-15)13-23(5,28)17-8-6-16(7-9-17)19-11-10-18(24)14-25-19/h6-11,14,28H,12-13H2,1-5H3,(H,26,27). The highest BCUT2D eigenvalue weighted by Crippen LogP contribution is 2.28. The number of aromatic amines is 1. The van der Waals surface area contributed by atoms with Crippen LogP contribution in [0.4, 0.5) is 4.39 Å². The van der Waals surface area contributed by atoms with Gasteiger partial charge in [-0.3, -0.25) is 4.98 Å². The summed E-state index contributed by atoms with van der Waals surface area (Å²) in [6, 6.07) is 10.6. The van der Waals surface area contributed by atoms with Crippen molar-refractivity contribution in [2.45, 2.75) is 53.1 Å². The molecule has 2 heterocycles. The van der Waals surface area contributed by atoms with Crippen LogP contribution in [0.5, 0.6) is 0 Å². The van der Waals surface area contributed by atoms with E-state index in [2.05, 4.69) is 30.7 Å². The van der Waals surface area contributed by atoms with Crippen molar-refractivity contribution in [1.29, 1.82) is 0 Å². The summed E-state index contributed by atoms with van der Waals surface area (Å²) in [5.74, 6) is 0.425. The smallest absolute Gasteiger partial charge is 0.141 e. The number of nitrogens with zero attached hydrogens (tertiary/aromatic N) is 2. The average Bonchev–Trinajstić information content (AvgIpc) is 2.92. The largest absolute Gasteiger partial charge is 0.385 e. The summed E-state index contributed by atoms with van der Waals surface area (Å²) in [5, 5.41) is 11.0. The highest BCUT2D eigenvalue weighted by atomic mass is 19.1. The molecule has 0 spiro atoms. The van der Waals surface area contributed by atoms with Gasteiger partial charge in [-0.25, -0.2) is 9.37 Å². The molecule has 0 saturated carbocycles. The number of pyridine rings is 1. The Morgan fingerprint density at radius 2 is 1.68 bits per heavy atom. The van der Waals surface area contributed by atoms with Crippen molar-refractivity contribution >= 4 is 0 Å². The molecule has 28 heavy (non-hydrogen) atoms. The average molecular weight is 381 g/mol. The molecule has 2 aromatic heterocycles. The van der Waals surface area contributed by atoms with Crippen molar-refractivity contribution in [2.24, 2.45) is 5.41 Å². The summed E-state index contributed by atoms with van der Waals surface area (Å²) >= 11 is 0. The number of imidazole rings is 1. The first-order valence-electron chi connectivity index (χ1n) is 9.53. The summed E-state index contributed by atoms with van der Waals surface area (Å²) in [5.41, 5.74) is 3.57. The van der Waals surface area contributed by atoms with Crippen LogP contribution >= 0.6 is 0 Å². The predicted octanol–water partition coefficient (Wildman–Crippen LogP) is 4.96. The van der Waals surface area contributed by atoms with Crippen LogP contribution in [-0.4, -0.2) is 20.1 Å². The lowest BCUT2D eigenvalue weighted by Gasteiger charge is -2.23. The van der Waals surface area contributed by atoms with E-state index in [1.54, 1.807) is 13.0 Å². The molecule has 4 nitrogen and oxygen atoms in total. The van der Waals surface area contributed by atoms with Crippen LogP contribution < -0.4 is 0 Å². The summed E-state index contributed by atoms with van der Waals surface area (Å²) in [4.78, 5) is 12.1. The zero-order chi connectivity index (χ0) is 20.5. The number of nitrogens with one attached hydrogen (secondary N) is 1. The molecule has 0 aliphatic rings. The first-order chi connectivity index (χ1) is 13.0. The molecule has 1 atom stereocenters. The lowest BCUT2D eigenvalue weighted by atomic mass is 9.90. The Kier molecular flexibility index (Phi) is 5.39. The molecule has 3 rings (SSSR count). The highest BCUT2D eigenvalue weighted by Gasteiger charge is 2.26. The number of aliphatic hydroxyl groups is 1. The number of aryl methyl sites for hydroxylation is 1. The van der Waals surface area contributed by atoms with Gasteiger partial charge in [0.1, 0.15) is 11.6 Å². The third-order valence-electron chi connectivity index (χ3n) is 4.77. The van der Waals surface area contributed by atoms with Crippen LogP contribution in [-0.2, 0) is 18.4 Å². The van der Waals surface area contributed by atoms with E-state index >= 15 is 0 Å². The second-order valence-corrected chi connectivity index (χ2v) is 8.88. The Morgan fingerprint density at radius 1 is 1.00 bits per heavy atom. The first-order valence-corrected chi connectivity index (χ1v) is 9.53. The lowest BCUT2D eigenvalue weighted by Crippen LogP contribution is -2.25. The van der Waals surface area contributed by atoms with E-state index in [-0.39, 0.29) is 11.2 Å². The molecule has 0 amide bonds. The van der Waals surface area contributed by atoms with Crippen molar-refractivity contribution < 1.29 is 9.50 Å². The Balaban J connectivity index is 1.77. The van der Waals surface area contributed by atoms with E-state index in [0.29, 0.717) is 12.1 Å². The number of hydrogen-bond donors (Lipinski definition) is 2. The van der Waals surface area contributed by atoms with Crippen LogP contribution in [0.3, 0.4) is 0 Å².